The molecule has 1 aromatic carbocycles. The number of aliphatic carboxylic acids is 1. The van der Waals surface area contributed by atoms with Gasteiger partial charge in [-0.15, -0.1) is 0 Å². The van der Waals surface area contributed by atoms with E-state index in [1.165, 1.54) is 0 Å². The Morgan fingerprint density at radius 2 is 1.55 bits per heavy atom. The second kappa shape index (κ2) is 10.2. The van der Waals surface area contributed by atoms with Crippen molar-refractivity contribution in [3.05, 3.63) is 54.1 Å². The molecule has 3 nitrogen and oxygen atoms in total. The molecular weight excluding hydrogens is 420 g/mol. The molecule has 0 saturated carbocycles. The molecule has 0 heterocycles. The molecule has 0 aliphatic heterocycles. The van der Waals surface area contributed by atoms with Crippen molar-refractivity contribution < 1.29 is 36.2 Å². The van der Waals surface area contributed by atoms with Crippen molar-refractivity contribution in [2.24, 2.45) is 5.73 Å². The van der Waals surface area contributed by atoms with Gasteiger partial charge in [-0.3, -0.25) is 4.79 Å². The zero-order valence-electron chi connectivity index (χ0n) is 15.3. The smallest absolute Gasteiger partial charge is 0.416 e. The van der Waals surface area contributed by atoms with Gasteiger partial charge in [0, 0.05) is 0 Å². The quantitative estimate of drug-likeness (QED) is 0.290. The van der Waals surface area contributed by atoms with Crippen LogP contribution >= 0.6 is 11.8 Å². The molecule has 162 valence electrons. The molecule has 1 rings (SSSR count). The van der Waals surface area contributed by atoms with Gasteiger partial charge in [0.2, 0.25) is 0 Å². The van der Waals surface area contributed by atoms with Crippen molar-refractivity contribution >= 4 is 23.3 Å². The fourth-order valence-corrected chi connectivity index (χ4v) is 3.45. The van der Waals surface area contributed by atoms with Gasteiger partial charge in [-0.2, -0.15) is 38.1 Å². The molecule has 2 unspecified atom stereocenters. The number of carbonyl (C=O) groups is 1. The standard InChI is InChI=1S/C19H21F6NO2S/c1-11(12(2)18(20,21)22)13-3-5-14(6-4-13)15(19(23,24)25)7-9-29-10-8-16(26)17(27)28/h3-6,15-16H,1-2,7-10,26H2,(H,27,28). The van der Waals surface area contributed by atoms with E-state index in [0.29, 0.717) is 5.75 Å². The van der Waals surface area contributed by atoms with Crippen LogP contribution in [0.1, 0.15) is 29.9 Å². The fourth-order valence-electron chi connectivity index (χ4n) is 2.42. The predicted octanol–water partition coefficient (Wildman–Crippen LogP) is 5.39. The monoisotopic (exact) mass is 441 g/mol. The first-order valence-electron chi connectivity index (χ1n) is 8.43. The lowest BCUT2D eigenvalue weighted by molar-refractivity contribution is -0.150. The molecule has 0 aliphatic carbocycles. The number of hydrogen-bond donors (Lipinski definition) is 2. The molecule has 0 amide bonds. The Balaban J connectivity index is 2.78. The number of thioether (sulfide) groups is 1. The van der Waals surface area contributed by atoms with Gasteiger partial charge in [0.05, 0.1) is 11.5 Å². The van der Waals surface area contributed by atoms with E-state index in [0.717, 1.165) is 36.0 Å². The Hall–Kier alpha value is -1.94. The highest BCUT2D eigenvalue weighted by molar-refractivity contribution is 7.99. The maximum absolute atomic E-state index is 13.4. The average Bonchev–Trinajstić information content (AvgIpc) is 2.61. The topological polar surface area (TPSA) is 63.3 Å². The van der Waals surface area contributed by atoms with Crippen molar-refractivity contribution in [2.45, 2.75) is 37.2 Å². The summed E-state index contributed by atoms with van der Waals surface area (Å²) >= 11 is 1.16. The lowest BCUT2D eigenvalue weighted by Gasteiger charge is -2.21. The highest BCUT2D eigenvalue weighted by Gasteiger charge is 2.40. The minimum absolute atomic E-state index is 0.0361. The average molecular weight is 441 g/mol. The van der Waals surface area contributed by atoms with Gasteiger partial charge >= 0.3 is 18.3 Å². The number of hydrogen-bond acceptors (Lipinski definition) is 3. The maximum atomic E-state index is 13.4. The summed E-state index contributed by atoms with van der Waals surface area (Å²) in [6, 6.07) is 3.52. The van der Waals surface area contributed by atoms with Gasteiger partial charge in [0.25, 0.3) is 0 Å². The summed E-state index contributed by atoms with van der Waals surface area (Å²) in [4.78, 5) is 10.6. The predicted molar refractivity (Wildman–Crippen MR) is 102 cm³/mol. The summed E-state index contributed by atoms with van der Waals surface area (Å²) in [7, 11) is 0. The summed E-state index contributed by atoms with van der Waals surface area (Å²) in [5, 5.41) is 8.67. The van der Waals surface area contributed by atoms with Crippen molar-refractivity contribution in [1.29, 1.82) is 0 Å². The summed E-state index contributed by atoms with van der Waals surface area (Å²) in [6.45, 7) is 6.24. The third-order valence-electron chi connectivity index (χ3n) is 4.20. The number of carboxylic acid groups (broad SMARTS) is 1. The highest BCUT2D eigenvalue weighted by Crippen LogP contribution is 2.39. The summed E-state index contributed by atoms with van der Waals surface area (Å²) in [5.74, 6) is -2.54. The zero-order valence-corrected chi connectivity index (χ0v) is 16.1. The van der Waals surface area contributed by atoms with E-state index >= 15 is 0 Å². The van der Waals surface area contributed by atoms with Gasteiger partial charge in [-0.05, 0) is 41.0 Å². The molecule has 2 atom stereocenters. The molecule has 0 spiro atoms. The molecular formula is C19H21F6NO2S. The Bertz CT molecular complexity index is 728. The maximum Gasteiger partial charge on any atom is 0.416 e. The van der Waals surface area contributed by atoms with E-state index in [1.807, 2.05) is 0 Å². The van der Waals surface area contributed by atoms with E-state index in [2.05, 4.69) is 13.2 Å². The highest BCUT2D eigenvalue weighted by atomic mass is 32.2. The van der Waals surface area contributed by atoms with Crippen molar-refractivity contribution in [3.63, 3.8) is 0 Å². The summed E-state index contributed by atoms with van der Waals surface area (Å²) < 4.78 is 78.3. The number of alkyl halides is 6. The number of benzene rings is 1. The molecule has 10 heteroatoms. The first-order chi connectivity index (χ1) is 13.2. The summed E-state index contributed by atoms with van der Waals surface area (Å²) in [5.41, 5.74) is 3.73. The summed E-state index contributed by atoms with van der Waals surface area (Å²) in [6.07, 6.45) is -9.33. The normalized spacial score (nSPS) is 14.3. The molecule has 0 aromatic heterocycles. The van der Waals surface area contributed by atoms with E-state index < -0.39 is 41.4 Å². The van der Waals surface area contributed by atoms with Gasteiger partial charge < -0.3 is 10.8 Å². The third kappa shape index (κ3) is 7.77. The lowest BCUT2D eigenvalue weighted by Crippen LogP contribution is -2.30. The van der Waals surface area contributed by atoms with Crippen LogP contribution in [0.5, 0.6) is 0 Å². The zero-order chi connectivity index (χ0) is 22.4. The molecule has 0 aliphatic rings. The van der Waals surface area contributed by atoms with Crippen LogP contribution in [0, 0.1) is 0 Å². The number of halogens is 6. The third-order valence-corrected chi connectivity index (χ3v) is 5.25. The Labute approximate surface area is 168 Å². The van der Waals surface area contributed by atoms with Crippen molar-refractivity contribution in [2.75, 3.05) is 11.5 Å². The van der Waals surface area contributed by atoms with Crippen LogP contribution in [-0.2, 0) is 4.79 Å². The second-order valence-electron chi connectivity index (χ2n) is 6.31. The van der Waals surface area contributed by atoms with Crippen LogP contribution in [-0.4, -0.2) is 41.0 Å². The Morgan fingerprint density at radius 3 is 2.00 bits per heavy atom. The molecule has 29 heavy (non-hydrogen) atoms. The van der Waals surface area contributed by atoms with Gasteiger partial charge in [-0.1, -0.05) is 37.4 Å². The SMILES string of the molecule is C=C(C(=C)C(F)(F)F)c1ccc(C(CCSCCC(N)C(=O)O)C(F)(F)F)cc1. The van der Waals surface area contributed by atoms with Crippen molar-refractivity contribution in [3.8, 4) is 0 Å². The largest absolute Gasteiger partial charge is 0.480 e. The van der Waals surface area contributed by atoms with Crippen LogP contribution in [0.2, 0.25) is 0 Å². The molecule has 1 aromatic rings. The van der Waals surface area contributed by atoms with E-state index in [9.17, 15) is 31.1 Å². The lowest BCUT2D eigenvalue weighted by atomic mass is 9.92. The van der Waals surface area contributed by atoms with Gasteiger partial charge in [0.1, 0.15) is 6.04 Å². The molecule has 0 saturated heterocycles. The van der Waals surface area contributed by atoms with Crippen LogP contribution in [0.3, 0.4) is 0 Å². The van der Waals surface area contributed by atoms with Gasteiger partial charge in [-0.25, -0.2) is 0 Å². The molecule has 0 radical (unpaired) electrons. The number of carboxylic acids is 1. The van der Waals surface area contributed by atoms with E-state index in [-0.39, 0.29) is 29.7 Å². The first kappa shape index (κ1) is 25.1. The Kier molecular flexibility index (Phi) is 8.83. The second-order valence-corrected chi connectivity index (χ2v) is 7.53. The molecule has 0 bridgehead atoms. The van der Waals surface area contributed by atoms with Gasteiger partial charge in [0.15, 0.2) is 0 Å². The van der Waals surface area contributed by atoms with Crippen LogP contribution in [0.25, 0.3) is 5.57 Å². The van der Waals surface area contributed by atoms with E-state index in [1.54, 1.807) is 0 Å². The number of rotatable bonds is 10. The Morgan fingerprint density at radius 1 is 1.03 bits per heavy atom. The molecule has 3 N–H and O–H groups in total. The van der Waals surface area contributed by atoms with Crippen LogP contribution in [0.4, 0.5) is 26.3 Å². The first-order valence-corrected chi connectivity index (χ1v) is 9.59. The fraction of sp³-hybridized carbons (Fsp3) is 0.421. The van der Waals surface area contributed by atoms with Crippen molar-refractivity contribution in [1.82, 2.24) is 0 Å². The minimum atomic E-state index is -4.68. The van der Waals surface area contributed by atoms with Crippen LogP contribution in [0.15, 0.2) is 43.0 Å². The van der Waals surface area contributed by atoms with Crippen LogP contribution < -0.4 is 5.73 Å². The molecule has 0 fully saturated rings. The number of allylic oxidation sites excluding steroid dienone is 2. The minimum Gasteiger partial charge on any atom is -0.480 e. The van der Waals surface area contributed by atoms with E-state index in [4.69, 9.17) is 10.8 Å². The number of nitrogens with two attached hydrogens (primary N) is 1.